The van der Waals surface area contributed by atoms with E-state index in [0.717, 1.165) is 97.2 Å². The number of likely N-dealkylation sites (tertiary alicyclic amines) is 1. The van der Waals surface area contributed by atoms with Crippen molar-refractivity contribution in [3.63, 3.8) is 0 Å². The number of carbonyl (C=O) groups excluding carboxylic acids is 1. The van der Waals surface area contributed by atoms with Crippen molar-refractivity contribution in [1.82, 2.24) is 24.6 Å². The van der Waals surface area contributed by atoms with Gasteiger partial charge in [-0.2, -0.15) is 0 Å². The average molecular weight is 518 g/mol. The van der Waals surface area contributed by atoms with Crippen LogP contribution < -0.4 is 0 Å². The zero-order chi connectivity index (χ0) is 26.0. The van der Waals surface area contributed by atoms with Crippen LogP contribution in [0.5, 0.6) is 0 Å². The number of rotatable bonds is 9. The molecule has 3 fully saturated rings. The Hall–Kier alpha value is -2.58. The van der Waals surface area contributed by atoms with E-state index in [1.165, 1.54) is 5.56 Å². The molecule has 38 heavy (non-hydrogen) atoms. The van der Waals surface area contributed by atoms with E-state index >= 15 is 0 Å². The first kappa shape index (κ1) is 27.0. The molecule has 3 aliphatic rings. The van der Waals surface area contributed by atoms with Crippen molar-refractivity contribution in [3.8, 4) is 0 Å². The third-order valence-electron chi connectivity index (χ3n) is 8.33. The minimum absolute atomic E-state index is 0.326. The van der Waals surface area contributed by atoms with Crippen molar-refractivity contribution in [3.05, 3.63) is 72.1 Å². The first-order valence-corrected chi connectivity index (χ1v) is 14.4. The minimum atomic E-state index is 0.326. The number of nitrogens with zero attached hydrogens (tertiary/aromatic N) is 5. The maximum atomic E-state index is 13.2. The number of aromatic nitrogens is 1. The molecule has 7 heteroatoms. The first-order valence-electron chi connectivity index (χ1n) is 14.4. The monoisotopic (exact) mass is 517 g/mol. The summed E-state index contributed by atoms with van der Waals surface area (Å²) in [5.74, 6) is 0.825. The number of ether oxygens (including phenoxy) is 1. The van der Waals surface area contributed by atoms with Crippen LogP contribution in [0.3, 0.4) is 0 Å². The van der Waals surface area contributed by atoms with E-state index in [4.69, 9.17) is 4.74 Å². The van der Waals surface area contributed by atoms with Crippen LogP contribution in [0.25, 0.3) is 6.08 Å². The average Bonchev–Trinajstić information content (AvgIpc) is 2.98. The van der Waals surface area contributed by atoms with Crippen LogP contribution >= 0.6 is 0 Å². The van der Waals surface area contributed by atoms with Gasteiger partial charge in [0.15, 0.2) is 0 Å². The number of hydrogen-bond donors (Lipinski definition) is 0. The topological polar surface area (TPSA) is 52.2 Å². The fourth-order valence-corrected chi connectivity index (χ4v) is 6.18. The fourth-order valence-electron chi connectivity index (χ4n) is 6.18. The number of piperazine rings is 1. The van der Waals surface area contributed by atoms with E-state index in [9.17, 15) is 4.79 Å². The van der Waals surface area contributed by atoms with E-state index in [-0.39, 0.29) is 0 Å². The first-order chi connectivity index (χ1) is 18.7. The van der Waals surface area contributed by atoms with Gasteiger partial charge in [0.1, 0.15) is 0 Å². The van der Waals surface area contributed by atoms with Gasteiger partial charge in [0.25, 0.3) is 0 Å². The number of piperidine rings is 1. The summed E-state index contributed by atoms with van der Waals surface area (Å²) < 4.78 is 5.63. The molecule has 1 aromatic heterocycles. The highest BCUT2D eigenvalue weighted by molar-refractivity contribution is 5.76. The van der Waals surface area contributed by atoms with Gasteiger partial charge in [-0.1, -0.05) is 48.6 Å². The number of hydrogen-bond acceptors (Lipinski definition) is 6. The third-order valence-corrected chi connectivity index (χ3v) is 8.33. The Morgan fingerprint density at radius 1 is 0.921 bits per heavy atom. The highest BCUT2D eigenvalue weighted by Gasteiger charge is 2.34. The molecular weight excluding hydrogens is 474 g/mol. The number of carbonyl (C=O) groups is 1. The molecule has 0 saturated carbocycles. The zero-order valence-electron chi connectivity index (χ0n) is 22.7. The lowest BCUT2D eigenvalue weighted by Crippen LogP contribution is -2.54. The van der Waals surface area contributed by atoms with Crippen molar-refractivity contribution in [1.29, 1.82) is 0 Å². The molecule has 0 unspecified atom stereocenters. The molecule has 0 bridgehead atoms. The lowest BCUT2D eigenvalue weighted by Gasteiger charge is -2.45. The molecule has 3 saturated heterocycles. The van der Waals surface area contributed by atoms with Crippen LogP contribution in [-0.4, -0.2) is 109 Å². The Labute approximate surface area is 228 Å². The molecule has 7 nitrogen and oxygen atoms in total. The van der Waals surface area contributed by atoms with Gasteiger partial charge in [-0.3, -0.25) is 24.5 Å². The molecule has 0 radical (unpaired) electrons. The number of amides is 1. The molecule has 0 spiro atoms. The second-order valence-electron chi connectivity index (χ2n) is 10.9. The normalized spacial score (nSPS) is 24.2. The van der Waals surface area contributed by atoms with Crippen LogP contribution in [0.2, 0.25) is 0 Å². The van der Waals surface area contributed by atoms with Crippen LogP contribution in [0.1, 0.15) is 30.5 Å². The summed E-state index contributed by atoms with van der Waals surface area (Å²) in [6.45, 7) is 11.2. The van der Waals surface area contributed by atoms with Crippen LogP contribution in [-0.2, 0) is 16.1 Å². The van der Waals surface area contributed by atoms with E-state index < -0.39 is 0 Å². The van der Waals surface area contributed by atoms with Gasteiger partial charge in [0.05, 0.1) is 18.9 Å². The van der Waals surface area contributed by atoms with Gasteiger partial charge in [-0.25, -0.2) is 0 Å². The van der Waals surface area contributed by atoms with Gasteiger partial charge in [-0.15, -0.1) is 0 Å². The standard InChI is InChI=1S/C31H43N5O2/c37-31(36-19-17-33(18-20-36)15-6-9-27-7-2-1-3-8-27)12-11-28-25-34(26-29-10-4-5-14-32-29)16-13-30(28)35-21-23-38-24-22-35/h1-10,14,28,30H,11-13,15-26H2/b9-6+/t28-,30+/m0/s1. The third kappa shape index (κ3) is 7.73. The molecule has 1 amide bonds. The van der Waals surface area contributed by atoms with Crippen molar-refractivity contribution in [2.75, 3.05) is 72.1 Å². The molecule has 2 aromatic rings. The Morgan fingerprint density at radius 2 is 1.71 bits per heavy atom. The molecule has 2 atom stereocenters. The van der Waals surface area contributed by atoms with Crippen molar-refractivity contribution in [2.45, 2.75) is 31.8 Å². The van der Waals surface area contributed by atoms with E-state index in [0.29, 0.717) is 24.3 Å². The molecule has 4 heterocycles. The summed E-state index contributed by atoms with van der Waals surface area (Å²) in [5.41, 5.74) is 2.36. The SMILES string of the molecule is O=C(CC[C@H]1CN(Cc2ccccn2)CC[C@H]1N1CCOCC1)N1CCN(C/C=C/c2ccccc2)CC1. The molecule has 5 rings (SSSR count). The molecule has 3 aliphatic heterocycles. The van der Waals surface area contributed by atoms with Crippen LogP contribution in [0, 0.1) is 5.92 Å². The van der Waals surface area contributed by atoms with Gasteiger partial charge < -0.3 is 9.64 Å². The lowest BCUT2D eigenvalue weighted by molar-refractivity contribution is -0.133. The summed E-state index contributed by atoms with van der Waals surface area (Å²) in [6, 6.07) is 17.1. The van der Waals surface area contributed by atoms with E-state index in [1.807, 2.05) is 18.3 Å². The Bertz CT molecular complexity index is 1000. The number of morpholine rings is 1. The van der Waals surface area contributed by atoms with E-state index in [1.54, 1.807) is 0 Å². The zero-order valence-corrected chi connectivity index (χ0v) is 22.7. The van der Waals surface area contributed by atoms with Gasteiger partial charge in [-0.05, 0) is 36.5 Å². The Morgan fingerprint density at radius 3 is 2.47 bits per heavy atom. The largest absolute Gasteiger partial charge is 0.379 e. The van der Waals surface area contributed by atoms with Gasteiger partial charge in [0, 0.05) is 84.1 Å². The Balaban J connectivity index is 1.10. The molecule has 1 aromatic carbocycles. The second kappa shape index (κ2) is 14.0. The lowest BCUT2D eigenvalue weighted by atomic mass is 9.86. The van der Waals surface area contributed by atoms with Crippen molar-refractivity contribution in [2.24, 2.45) is 5.92 Å². The predicted molar refractivity (Wildman–Crippen MR) is 152 cm³/mol. The van der Waals surface area contributed by atoms with Crippen molar-refractivity contribution >= 4 is 12.0 Å². The maximum Gasteiger partial charge on any atom is 0.222 e. The molecule has 204 valence electrons. The Kier molecular flexibility index (Phi) is 9.94. The summed E-state index contributed by atoms with van der Waals surface area (Å²) in [5, 5.41) is 0. The molecule has 0 aliphatic carbocycles. The smallest absolute Gasteiger partial charge is 0.222 e. The minimum Gasteiger partial charge on any atom is -0.379 e. The highest BCUT2D eigenvalue weighted by Crippen LogP contribution is 2.28. The van der Waals surface area contributed by atoms with Crippen molar-refractivity contribution < 1.29 is 9.53 Å². The summed E-state index contributed by atoms with van der Waals surface area (Å²) in [7, 11) is 0. The van der Waals surface area contributed by atoms with E-state index in [2.05, 4.69) is 73.1 Å². The summed E-state index contributed by atoms with van der Waals surface area (Å²) >= 11 is 0. The number of benzene rings is 1. The summed E-state index contributed by atoms with van der Waals surface area (Å²) in [6.07, 6.45) is 9.06. The molecule has 0 N–H and O–H groups in total. The summed E-state index contributed by atoms with van der Waals surface area (Å²) in [4.78, 5) is 27.5. The van der Waals surface area contributed by atoms with Gasteiger partial charge >= 0.3 is 0 Å². The fraction of sp³-hybridized carbons (Fsp3) is 0.548. The predicted octanol–water partition coefficient (Wildman–Crippen LogP) is 3.24. The second-order valence-corrected chi connectivity index (χ2v) is 10.9. The quantitative estimate of drug-likeness (QED) is 0.509. The molecular formula is C31H43N5O2. The highest BCUT2D eigenvalue weighted by atomic mass is 16.5. The van der Waals surface area contributed by atoms with Crippen LogP contribution in [0.4, 0.5) is 0 Å². The van der Waals surface area contributed by atoms with Gasteiger partial charge in [0.2, 0.25) is 5.91 Å². The van der Waals surface area contributed by atoms with Crippen LogP contribution in [0.15, 0.2) is 60.8 Å². The maximum absolute atomic E-state index is 13.2. The number of pyridine rings is 1.